The molecule has 1 heterocycles. The van der Waals surface area contributed by atoms with Gasteiger partial charge in [-0.2, -0.15) is 0 Å². The van der Waals surface area contributed by atoms with Crippen LogP contribution < -0.4 is 5.14 Å². The van der Waals surface area contributed by atoms with Crippen LogP contribution in [0, 0.1) is 18.3 Å². The topological polar surface area (TPSA) is 80.5 Å². The molecule has 1 saturated heterocycles. The Morgan fingerprint density at radius 1 is 1.22 bits per heavy atom. The fourth-order valence-electron chi connectivity index (χ4n) is 3.23. The predicted molar refractivity (Wildman–Crippen MR) is 90.6 cm³/mol. The molecule has 0 unspecified atom stereocenters. The molecular formula is C17H26N2O3S. The number of nitrogens with two attached hydrogens (primary N) is 1. The standard InChI is InChI=1S/C17H26N2O3S/c1-12-11-13(5-6-15(12)23(18,21)22)16(20)19-9-7-14(8-10-19)17(2,3)4/h5-6,11,14H,7-10H2,1-4H3,(H2,18,21,22). The maximum atomic E-state index is 12.6. The average molecular weight is 338 g/mol. The fraction of sp³-hybridized carbons (Fsp3) is 0.588. The lowest BCUT2D eigenvalue weighted by atomic mass is 9.75. The normalized spacial score (nSPS) is 17.3. The van der Waals surface area contributed by atoms with Crippen molar-refractivity contribution >= 4 is 15.9 Å². The number of rotatable bonds is 2. The van der Waals surface area contributed by atoms with Gasteiger partial charge in [0.15, 0.2) is 0 Å². The van der Waals surface area contributed by atoms with Gasteiger partial charge in [0.1, 0.15) is 0 Å². The molecule has 1 amide bonds. The summed E-state index contributed by atoms with van der Waals surface area (Å²) in [5.41, 5.74) is 1.29. The van der Waals surface area contributed by atoms with E-state index in [0.717, 1.165) is 25.9 Å². The maximum absolute atomic E-state index is 12.6. The number of amides is 1. The molecule has 2 N–H and O–H groups in total. The third kappa shape index (κ3) is 4.12. The van der Waals surface area contributed by atoms with Gasteiger partial charge in [0.05, 0.1) is 4.90 Å². The first kappa shape index (κ1) is 17.9. The molecule has 2 rings (SSSR count). The molecule has 0 spiro atoms. The second-order valence-electron chi connectivity index (χ2n) is 7.46. The number of benzene rings is 1. The number of sulfonamides is 1. The zero-order valence-electron chi connectivity index (χ0n) is 14.3. The Labute approximate surface area is 138 Å². The molecule has 5 nitrogen and oxygen atoms in total. The average Bonchev–Trinajstić information content (AvgIpc) is 2.44. The Bertz CT molecular complexity index is 697. The zero-order chi connectivity index (χ0) is 17.4. The van der Waals surface area contributed by atoms with Crippen LogP contribution in [0.5, 0.6) is 0 Å². The summed E-state index contributed by atoms with van der Waals surface area (Å²) in [5, 5.41) is 5.16. The van der Waals surface area contributed by atoms with Crippen LogP contribution in [0.4, 0.5) is 0 Å². The number of carbonyl (C=O) groups excluding carboxylic acids is 1. The Morgan fingerprint density at radius 3 is 2.22 bits per heavy atom. The van der Waals surface area contributed by atoms with E-state index in [1.165, 1.54) is 6.07 Å². The highest BCUT2D eigenvalue weighted by Gasteiger charge is 2.30. The molecule has 0 bridgehead atoms. The van der Waals surface area contributed by atoms with Crippen LogP contribution in [0.3, 0.4) is 0 Å². The zero-order valence-corrected chi connectivity index (χ0v) is 15.1. The van der Waals surface area contributed by atoms with Gasteiger partial charge in [-0.25, -0.2) is 13.6 Å². The van der Waals surface area contributed by atoms with Crippen molar-refractivity contribution in [3.05, 3.63) is 29.3 Å². The van der Waals surface area contributed by atoms with E-state index in [4.69, 9.17) is 5.14 Å². The number of hydrogen-bond donors (Lipinski definition) is 1. The Kier molecular flexibility index (Phi) is 4.87. The van der Waals surface area contributed by atoms with Crippen LogP contribution in [0.25, 0.3) is 0 Å². The van der Waals surface area contributed by atoms with Gasteiger partial charge in [-0.05, 0) is 54.9 Å². The van der Waals surface area contributed by atoms with Gasteiger partial charge in [0.2, 0.25) is 10.0 Å². The minimum Gasteiger partial charge on any atom is -0.339 e. The van der Waals surface area contributed by atoms with Crippen molar-refractivity contribution in [2.24, 2.45) is 16.5 Å². The molecule has 6 heteroatoms. The minimum atomic E-state index is -3.75. The number of piperidine rings is 1. The number of carbonyl (C=O) groups is 1. The van der Waals surface area contributed by atoms with E-state index in [9.17, 15) is 13.2 Å². The molecule has 128 valence electrons. The molecule has 0 aromatic heterocycles. The third-order valence-electron chi connectivity index (χ3n) is 4.74. The number of hydrogen-bond acceptors (Lipinski definition) is 3. The second-order valence-corrected chi connectivity index (χ2v) is 8.99. The molecule has 1 aliphatic heterocycles. The van der Waals surface area contributed by atoms with Crippen LogP contribution in [0.1, 0.15) is 49.5 Å². The van der Waals surface area contributed by atoms with Crippen LogP contribution in [0.2, 0.25) is 0 Å². The summed E-state index contributed by atoms with van der Waals surface area (Å²) < 4.78 is 22.9. The van der Waals surface area contributed by atoms with Gasteiger partial charge in [-0.3, -0.25) is 4.79 Å². The Hall–Kier alpha value is -1.40. The van der Waals surface area contributed by atoms with E-state index in [1.807, 2.05) is 4.90 Å². The summed E-state index contributed by atoms with van der Waals surface area (Å²) >= 11 is 0. The summed E-state index contributed by atoms with van der Waals surface area (Å²) in [6.45, 7) is 9.87. The molecule has 1 aliphatic rings. The molecular weight excluding hydrogens is 312 g/mol. The van der Waals surface area contributed by atoms with Gasteiger partial charge >= 0.3 is 0 Å². The molecule has 1 fully saturated rings. The molecule has 0 atom stereocenters. The van der Waals surface area contributed by atoms with Gasteiger partial charge in [0.25, 0.3) is 5.91 Å². The van der Waals surface area contributed by atoms with Crippen LogP contribution in [-0.2, 0) is 10.0 Å². The molecule has 23 heavy (non-hydrogen) atoms. The maximum Gasteiger partial charge on any atom is 0.253 e. The lowest BCUT2D eigenvalue weighted by molar-refractivity contribution is 0.0608. The van der Waals surface area contributed by atoms with E-state index in [0.29, 0.717) is 17.0 Å². The highest BCUT2D eigenvalue weighted by Crippen LogP contribution is 2.34. The number of primary sulfonamides is 1. The molecule has 0 aliphatic carbocycles. The van der Waals surface area contributed by atoms with Gasteiger partial charge in [-0.1, -0.05) is 20.8 Å². The van der Waals surface area contributed by atoms with Crippen LogP contribution in [0.15, 0.2) is 23.1 Å². The van der Waals surface area contributed by atoms with Crippen LogP contribution in [-0.4, -0.2) is 32.3 Å². The fourth-order valence-corrected chi connectivity index (χ4v) is 4.00. The summed E-state index contributed by atoms with van der Waals surface area (Å²) in [6, 6.07) is 4.57. The lowest BCUT2D eigenvalue weighted by Gasteiger charge is -2.38. The Balaban J connectivity index is 2.12. The van der Waals surface area contributed by atoms with Crippen molar-refractivity contribution in [2.75, 3.05) is 13.1 Å². The van der Waals surface area contributed by atoms with Crippen LogP contribution >= 0.6 is 0 Å². The van der Waals surface area contributed by atoms with Gasteiger partial charge in [0, 0.05) is 18.7 Å². The highest BCUT2D eigenvalue weighted by molar-refractivity contribution is 7.89. The molecule has 1 aromatic rings. The number of aryl methyl sites for hydroxylation is 1. The minimum absolute atomic E-state index is 0.0403. The first-order valence-electron chi connectivity index (χ1n) is 7.93. The number of likely N-dealkylation sites (tertiary alicyclic amines) is 1. The van der Waals surface area contributed by atoms with Crippen molar-refractivity contribution in [3.8, 4) is 0 Å². The summed E-state index contributed by atoms with van der Waals surface area (Å²) in [6.07, 6.45) is 2.01. The first-order chi connectivity index (χ1) is 10.5. The van der Waals surface area contributed by atoms with Gasteiger partial charge in [-0.15, -0.1) is 0 Å². The largest absolute Gasteiger partial charge is 0.339 e. The van der Waals surface area contributed by atoms with Crippen molar-refractivity contribution in [3.63, 3.8) is 0 Å². The van der Waals surface area contributed by atoms with E-state index in [-0.39, 0.29) is 16.2 Å². The smallest absolute Gasteiger partial charge is 0.253 e. The lowest BCUT2D eigenvalue weighted by Crippen LogP contribution is -2.41. The van der Waals surface area contributed by atoms with E-state index < -0.39 is 10.0 Å². The van der Waals surface area contributed by atoms with Gasteiger partial charge < -0.3 is 4.90 Å². The van der Waals surface area contributed by atoms with E-state index in [1.54, 1.807) is 19.1 Å². The highest BCUT2D eigenvalue weighted by atomic mass is 32.2. The third-order valence-corrected chi connectivity index (χ3v) is 5.81. The first-order valence-corrected chi connectivity index (χ1v) is 9.47. The summed E-state index contributed by atoms with van der Waals surface area (Å²) in [5.74, 6) is 0.583. The quantitative estimate of drug-likeness (QED) is 0.900. The Morgan fingerprint density at radius 2 is 1.78 bits per heavy atom. The number of nitrogens with zero attached hydrogens (tertiary/aromatic N) is 1. The molecule has 1 aromatic carbocycles. The second kappa shape index (κ2) is 6.24. The molecule has 0 saturated carbocycles. The van der Waals surface area contributed by atoms with E-state index in [2.05, 4.69) is 20.8 Å². The predicted octanol–water partition coefficient (Wildman–Crippen LogP) is 2.54. The van der Waals surface area contributed by atoms with E-state index >= 15 is 0 Å². The summed E-state index contributed by atoms with van der Waals surface area (Å²) in [7, 11) is -3.75. The molecule has 0 radical (unpaired) electrons. The van der Waals surface area contributed by atoms with Crippen molar-refractivity contribution in [1.82, 2.24) is 4.90 Å². The SMILES string of the molecule is Cc1cc(C(=O)N2CCC(C(C)(C)C)CC2)ccc1S(N)(=O)=O. The van der Waals surface area contributed by atoms with Crippen molar-refractivity contribution < 1.29 is 13.2 Å². The van der Waals surface area contributed by atoms with Crippen molar-refractivity contribution in [2.45, 2.75) is 45.4 Å². The van der Waals surface area contributed by atoms with Crippen molar-refractivity contribution in [1.29, 1.82) is 0 Å². The monoisotopic (exact) mass is 338 g/mol. The summed E-state index contributed by atoms with van der Waals surface area (Å²) in [4.78, 5) is 14.5.